The summed E-state index contributed by atoms with van der Waals surface area (Å²) >= 11 is 5.55. The van der Waals surface area contributed by atoms with Gasteiger partial charge in [-0.2, -0.15) is 0 Å². The van der Waals surface area contributed by atoms with E-state index in [1.54, 1.807) is 13.8 Å². The van der Waals surface area contributed by atoms with Gasteiger partial charge in [-0.15, -0.1) is 0 Å². The SMILES string of the molecule is CC(C)(CNC(=O)c1ccc(Cl)o1)/C(N)=N/O. The molecule has 0 atom stereocenters. The van der Waals surface area contributed by atoms with Crippen LogP contribution in [0.3, 0.4) is 0 Å². The number of nitrogens with zero attached hydrogens (tertiary/aromatic N) is 1. The Hall–Kier alpha value is -1.69. The van der Waals surface area contributed by atoms with Gasteiger partial charge in [0.25, 0.3) is 5.91 Å². The molecule has 0 fully saturated rings. The first kappa shape index (κ1) is 13.4. The van der Waals surface area contributed by atoms with E-state index in [4.69, 9.17) is 27.0 Å². The largest absolute Gasteiger partial charge is 0.440 e. The van der Waals surface area contributed by atoms with E-state index in [0.717, 1.165) is 0 Å². The Kier molecular flexibility index (Phi) is 4.01. The van der Waals surface area contributed by atoms with Crippen LogP contribution in [0.5, 0.6) is 0 Å². The number of rotatable bonds is 4. The van der Waals surface area contributed by atoms with Crippen LogP contribution in [0.4, 0.5) is 0 Å². The third-order valence-corrected chi connectivity index (χ3v) is 2.49. The smallest absolute Gasteiger partial charge is 0.287 e. The Morgan fingerprint density at radius 2 is 2.29 bits per heavy atom. The van der Waals surface area contributed by atoms with Gasteiger partial charge in [-0.25, -0.2) is 0 Å². The van der Waals surface area contributed by atoms with E-state index in [1.807, 2.05) is 0 Å². The molecule has 0 aliphatic heterocycles. The van der Waals surface area contributed by atoms with Gasteiger partial charge in [0.2, 0.25) is 0 Å². The lowest BCUT2D eigenvalue weighted by atomic mass is 9.92. The molecule has 0 spiro atoms. The van der Waals surface area contributed by atoms with Crippen molar-refractivity contribution in [2.24, 2.45) is 16.3 Å². The van der Waals surface area contributed by atoms with Crippen molar-refractivity contribution in [2.45, 2.75) is 13.8 Å². The Morgan fingerprint density at radius 3 is 2.76 bits per heavy atom. The first-order valence-corrected chi connectivity index (χ1v) is 5.26. The molecule has 1 rings (SSSR count). The van der Waals surface area contributed by atoms with E-state index in [1.165, 1.54) is 12.1 Å². The molecule has 0 unspecified atom stereocenters. The monoisotopic (exact) mass is 259 g/mol. The first-order chi connectivity index (χ1) is 7.86. The van der Waals surface area contributed by atoms with Gasteiger partial charge in [-0.05, 0) is 23.7 Å². The van der Waals surface area contributed by atoms with E-state index >= 15 is 0 Å². The molecule has 1 aromatic rings. The van der Waals surface area contributed by atoms with Crippen molar-refractivity contribution in [3.05, 3.63) is 23.1 Å². The van der Waals surface area contributed by atoms with Crippen molar-refractivity contribution < 1.29 is 14.4 Å². The van der Waals surface area contributed by atoms with E-state index < -0.39 is 11.3 Å². The summed E-state index contributed by atoms with van der Waals surface area (Å²) in [6.45, 7) is 3.68. The van der Waals surface area contributed by atoms with Gasteiger partial charge in [0.15, 0.2) is 11.0 Å². The summed E-state index contributed by atoms with van der Waals surface area (Å²) in [7, 11) is 0. The highest BCUT2D eigenvalue weighted by Crippen LogP contribution is 2.15. The third-order valence-electron chi connectivity index (χ3n) is 2.29. The number of oxime groups is 1. The van der Waals surface area contributed by atoms with E-state index in [9.17, 15) is 4.79 Å². The average Bonchev–Trinajstić information content (AvgIpc) is 2.71. The fourth-order valence-electron chi connectivity index (χ4n) is 1.05. The second kappa shape index (κ2) is 5.09. The lowest BCUT2D eigenvalue weighted by Crippen LogP contribution is -2.42. The molecule has 1 heterocycles. The Morgan fingerprint density at radius 1 is 1.65 bits per heavy atom. The summed E-state index contributed by atoms with van der Waals surface area (Å²) < 4.78 is 4.94. The van der Waals surface area contributed by atoms with Crippen molar-refractivity contribution in [3.8, 4) is 0 Å². The number of hydrogen-bond acceptors (Lipinski definition) is 4. The van der Waals surface area contributed by atoms with Gasteiger partial charge in [0.1, 0.15) is 5.84 Å². The fourth-order valence-corrected chi connectivity index (χ4v) is 1.20. The van der Waals surface area contributed by atoms with Crippen molar-refractivity contribution in [3.63, 3.8) is 0 Å². The highest BCUT2D eigenvalue weighted by molar-refractivity contribution is 6.29. The van der Waals surface area contributed by atoms with Crippen molar-refractivity contribution >= 4 is 23.3 Å². The molecule has 0 bridgehead atoms. The topological polar surface area (TPSA) is 101 Å². The van der Waals surface area contributed by atoms with Crippen molar-refractivity contribution in [2.75, 3.05) is 6.54 Å². The van der Waals surface area contributed by atoms with Crippen LogP contribution in [0.2, 0.25) is 5.22 Å². The Bertz CT molecular complexity index is 440. The molecule has 7 heteroatoms. The van der Waals surface area contributed by atoms with Crippen LogP contribution in [0.1, 0.15) is 24.4 Å². The summed E-state index contributed by atoms with van der Waals surface area (Å²) in [6, 6.07) is 2.94. The standard InChI is InChI=1S/C10H14ClN3O3/c1-10(2,9(12)14-16)5-13-8(15)6-3-4-7(11)17-6/h3-4,16H,5H2,1-2H3,(H2,12,14)(H,13,15). The number of hydrogen-bond donors (Lipinski definition) is 3. The van der Waals surface area contributed by atoms with Crippen molar-refractivity contribution in [1.29, 1.82) is 0 Å². The zero-order valence-corrected chi connectivity index (χ0v) is 10.3. The van der Waals surface area contributed by atoms with E-state index in [2.05, 4.69) is 10.5 Å². The number of halogens is 1. The molecular weight excluding hydrogens is 246 g/mol. The van der Waals surface area contributed by atoms with Gasteiger partial charge in [0.05, 0.1) is 0 Å². The second-order valence-electron chi connectivity index (χ2n) is 4.16. The molecule has 0 saturated heterocycles. The first-order valence-electron chi connectivity index (χ1n) is 4.88. The minimum atomic E-state index is -0.652. The zero-order chi connectivity index (χ0) is 13.1. The van der Waals surface area contributed by atoms with Crippen LogP contribution < -0.4 is 11.1 Å². The molecule has 0 aliphatic rings. The maximum Gasteiger partial charge on any atom is 0.287 e. The number of carbonyl (C=O) groups excluding carboxylic acids is 1. The molecule has 17 heavy (non-hydrogen) atoms. The third kappa shape index (κ3) is 3.39. The number of amides is 1. The van der Waals surface area contributed by atoms with Crippen LogP contribution in [0, 0.1) is 5.41 Å². The molecule has 1 aromatic heterocycles. The van der Waals surface area contributed by atoms with Gasteiger partial charge in [0, 0.05) is 12.0 Å². The summed E-state index contributed by atoms with van der Waals surface area (Å²) in [5.74, 6) is -0.253. The quantitative estimate of drug-likeness (QED) is 0.330. The van der Waals surface area contributed by atoms with Gasteiger partial charge >= 0.3 is 0 Å². The normalized spacial score (nSPS) is 12.5. The van der Waals surface area contributed by atoms with Gasteiger partial charge in [-0.1, -0.05) is 19.0 Å². The maximum absolute atomic E-state index is 11.6. The van der Waals surface area contributed by atoms with Crippen LogP contribution >= 0.6 is 11.6 Å². The van der Waals surface area contributed by atoms with E-state index in [-0.39, 0.29) is 23.4 Å². The van der Waals surface area contributed by atoms with Gasteiger partial charge < -0.3 is 20.7 Å². The lowest BCUT2D eigenvalue weighted by Gasteiger charge is -2.22. The molecule has 0 saturated carbocycles. The Labute approximate surface area is 103 Å². The van der Waals surface area contributed by atoms with Crippen molar-refractivity contribution in [1.82, 2.24) is 5.32 Å². The maximum atomic E-state index is 11.6. The Balaban J connectivity index is 2.60. The van der Waals surface area contributed by atoms with Crippen LogP contribution in [0.25, 0.3) is 0 Å². The fraction of sp³-hybridized carbons (Fsp3) is 0.400. The zero-order valence-electron chi connectivity index (χ0n) is 9.53. The van der Waals surface area contributed by atoms with Crippen LogP contribution in [-0.4, -0.2) is 23.5 Å². The number of carbonyl (C=O) groups is 1. The predicted octanol–water partition coefficient (Wildman–Crippen LogP) is 1.44. The summed E-state index contributed by atoms with van der Waals surface area (Å²) in [6.07, 6.45) is 0. The number of furan rings is 1. The van der Waals surface area contributed by atoms with E-state index in [0.29, 0.717) is 0 Å². The molecule has 0 radical (unpaired) electrons. The number of nitrogens with one attached hydrogen (secondary N) is 1. The predicted molar refractivity (Wildman–Crippen MR) is 63.2 cm³/mol. The second-order valence-corrected chi connectivity index (χ2v) is 4.53. The van der Waals surface area contributed by atoms with Gasteiger partial charge in [-0.3, -0.25) is 4.79 Å². The molecular formula is C10H14ClN3O3. The molecule has 0 aromatic carbocycles. The van der Waals surface area contributed by atoms with Crippen LogP contribution in [-0.2, 0) is 0 Å². The number of nitrogens with two attached hydrogens (primary N) is 1. The summed E-state index contributed by atoms with van der Waals surface area (Å²) in [4.78, 5) is 11.6. The molecule has 94 valence electrons. The molecule has 6 nitrogen and oxygen atoms in total. The lowest BCUT2D eigenvalue weighted by molar-refractivity contribution is 0.0916. The summed E-state index contributed by atoms with van der Waals surface area (Å²) in [5, 5.41) is 14.2. The highest BCUT2D eigenvalue weighted by Gasteiger charge is 2.25. The van der Waals surface area contributed by atoms with Crippen LogP contribution in [0.15, 0.2) is 21.7 Å². The highest BCUT2D eigenvalue weighted by atomic mass is 35.5. The molecule has 1 amide bonds. The summed E-state index contributed by atoms with van der Waals surface area (Å²) in [5.41, 5.74) is 4.83. The molecule has 0 aliphatic carbocycles. The minimum Gasteiger partial charge on any atom is -0.440 e. The minimum absolute atomic E-state index is 0.0373. The molecule has 4 N–H and O–H groups in total. The number of amidine groups is 1. The average molecular weight is 260 g/mol.